The van der Waals surface area contributed by atoms with Crippen LogP contribution in [0, 0.1) is 12.8 Å². The molecule has 1 saturated heterocycles. The van der Waals surface area contributed by atoms with Gasteiger partial charge in [-0.05, 0) is 37.5 Å². The molecule has 0 spiro atoms. The number of carbonyl (C=O) groups excluding carboxylic acids is 1. The molecule has 1 aromatic heterocycles. The lowest BCUT2D eigenvalue weighted by Crippen LogP contribution is -2.42. The molecular formula is C21H23N3OS. The van der Waals surface area contributed by atoms with E-state index in [0.717, 1.165) is 42.1 Å². The van der Waals surface area contributed by atoms with Crippen LogP contribution in [0.1, 0.15) is 24.0 Å². The predicted octanol–water partition coefficient (Wildman–Crippen LogP) is 4.14. The Morgan fingerprint density at radius 1 is 1.23 bits per heavy atom. The molecule has 1 fully saturated rings. The number of thiazole rings is 1. The summed E-state index contributed by atoms with van der Waals surface area (Å²) in [5.74, 6) is 0.178. The summed E-state index contributed by atoms with van der Waals surface area (Å²) in [5.41, 5.74) is 3.42. The zero-order chi connectivity index (χ0) is 17.9. The molecule has 0 radical (unpaired) electrons. The number of fused-ring (bicyclic) bond motifs is 1. The van der Waals surface area contributed by atoms with Gasteiger partial charge in [-0.25, -0.2) is 4.98 Å². The number of benzene rings is 2. The number of carbonyl (C=O) groups is 1. The Labute approximate surface area is 157 Å². The van der Waals surface area contributed by atoms with Gasteiger partial charge in [0.1, 0.15) is 0 Å². The molecule has 1 N–H and O–H groups in total. The van der Waals surface area contributed by atoms with Crippen molar-refractivity contribution in [2.75, 3.05) is 18.0 Å². The molecule has 0 aliphatic carbocycles. The van der Waals surface area contributed by atoms with Crippen LogP contribution in [-0.2, 0) is 11.3 Å². The normalized spacial score (nSPS) is 17.4. The Bertz CT molecular complexity index is 870. The Kier molecular flexibility index (Phi) is 4.89. The van der Waals surface area contributed by atoms with Crippen LogP contribution in [0.2, 0.25) is 0 Å². The first-order valence-corrected chi connectivity index (χ1v) is 9.94. The van der Waals surface area contributed by atoms with Crippen LogP contribution in [0.15, 0.2) is 48.5 Å². The summed E-state index contributed by atoms with van der Waals surface area (Å²) < 4.78 is 1.20. The standard InChI is InChI=1S/C21H23N3OS/c1-15-8-10-16(11-9-15)13-22-20(25)17-5-4-12-24(14-17)21-23-18-6-2-3-7-19(18)26-21/h2-3,6-11,17H,4-5,12-14H2,1H3,(H,22,25)/t17-/m1/s1. The second-order valence-electron chi connectivity index (χ2n) is 6.95. The second-order valence-corrected chi connectivity index (χ2v) is 7.96. The van der Waals surface area contributed by atoms with Crippen molar-refractivity contribution in [3.05, 3.63) is 59.7 Å². The zero-order valence-electron chi connectivity index (χ0n) is 14.9. The van der Waals surface area contributed by atoms with Gasteiger partial charge in [-0.15, -0.1) is 0 Å². The minimum absolute atomic E-state index is 0.0289. The van der Waals surface area contributed by atoms with E-state index >= 15 is 0 Å². The summed E-state index contributed by atoms with van der Waals surface area (Å²) >= 11 is 1.71. The highest BCUT2D eigenvalue weighted by atomic mass is 32.1. The maximum absolute atomic E-state index is 12.6. The molecular weight excluding hydrogens is 342 g/mol. The number of hydrogen-bond donors (Lipinski definition) is 1. The van der Waals surface area contributed by atoms with Gasteiger partial charge >= 0.3 is 0 Å². The molecule has 3 aromatic rings. The van der Waals surface area contributed by atoms with Crippen LogP contribution in [0.3, 0.4) is 0 Å². The quantitative estimate of drug-likeness (QED) is 0.756. The minimum atomic E-state index is 0.0289. The second kappa shape index (κ2) is 7.46. The molecule has 1 amide bonds. The third-order valence-corrected chi connectivity index (χ3v) is 6.03. The largest absolute Gasteiger partial charge is 0.352 e. The number of aromatic nitrogens is 1. The van der Waals surface area contributed by atoms with Crippen molar-refractivity contribution in [2.24, 2.45) is 5.92 Å². The topological polar surface area (TPSA) is 45.2 Å². The number of nitrogens with one attached hydrogen (secondary N) is 1. The molecule has 0 saturated carbocycles. The van der Waals surface area contributed by atoms with Gasteiger partial charge in [0.25, 0.3) is 0 Å². The highest BCUT2D eigenvalue weighted by Gasteiger charge is 2.27. The van der Waals surface area contributed by atoms with Gasteiger partial charge in [0.05, 0.1) is 16.1 Å². The van der Waals surface area contributed by atoms with E-state index in [4.69, 9.17) is 4.98 Å². The van der Waals surface area contributed by atoms with Crippen LogP contribution >= 0.6 is 11.3 Å². The van der Waals surface area contributed by atoms with Crippen LogP contribution in [0.5, 0.6) is 0 Å². The van der Waals surface area contributed by atoms with E-state index in [9.17, 15) is 4.79 Å². The summed E-state index contributed by atoms with van der Waals surface area (Å²) in [6.45, 7) is 4.39. The number of rotatable bonds is 4. The van der Waals surface area contributed by atoms with Crippen LogP contribution in [0.4, 0.5) is 5.13 Å². The van der Waals surface area contributed by atoms with Crippen LogP contribution < -0.4 is 10.2 Å². The molecule has 5 heteroatoms. The lowest BCUT2D eigenvalue weighted by molar-refractivity contribution is -0.125. The predicted molar refractivity (Wildman–Crippen MR) is 108 cm³/mol. The fourth-order valence-electron chi connectivity index (χ4n) is 3.40. The average Bonchev–Trinajstić information content (AvgIpc) is 3.12. The molecule has 1 atom stereocenters. The Morgan fingerprint density at radius 3 is 2.85 bits per heavy atom. The maximum atomic E-state index is 12.6. The lowest BCUT2D eigenvalue weighted by Gasteiger charge is -2.31. The van der Waals surface area contributed by atoms with Crippen molar-refractivity contribution in [1.82, 2.24) is 10.3 Å². The molecule has 2 aromatic carbocycles. The smallest absolute Gasteiger partial charge is 0.225 e. The van der Waals surface area contributed by atoms with Gasteiger partial charge in [0, 0.05) is 19.6 Å². The average molecular weight is 366 g/mol. The SMILES string of the molecule is Cc1ccc(CNC(=O)[C@@H]2CCCN(c3nc4ccccc4s3)C2)cc1. The molecule has 2 heterocycles. The highest BCUT2D eigenvalue weighted by molar-refractivity contribution is 7.22. The van der Waals surface area contributed by atoms with Gasteiger partial charge in [-0.1, -0.05) is 53.3 Å². The van der Waals surface area contributed by atoms with E-state index in [1.165, 1.54) is 10.3 Å². The van der Waals surface area contributed by atoms with Crippen molar-refractivity contribution < 1.29 is 4.79 Å². The summed E-state index contributed by atoms with van der Waals surface area (Å²) in [6.07, 6.45) is 1.97. The maximum Gasteiger partial charge on any atom is 0.225 e. The molecule has 26 heavy (non-hydrogen) atoms. The monoisotopic (exact) mass is 365 g/mol. The van der Waals surface area contributed by atoms with E-state index in [1.807, 2.05) is 18.2 Å². The van der Waals surface area contributed by atoms with Gasteiger partial charge in [0.2, 0.25) is 5.91 Å². The number of anilines is 1. The van der Waals surface area contributed by atoms with Crippen molar-refractivity contribution in [3.63, 3.8) is 0 Å². The number of hydrogen-bond acceptors (Lipinski definition) is 4. The molecule has 1 aliphatic rings. The van der Waals surface area contributed by atoms with E-state index in [2.05, 4.69) is 47.5 Å². The number of para-hydroxylation sites is 1. The fraction of sp³-hybridized carbons (Fsp3) is 0.333. The third kappa shape index (κ3) is 3.73. The highest BCUT2D eigenvalue weighted by Crippen LogP contribution is 2.31. The lowest BCUT2D eigenvalue weighted by atomic mass is 9.97. The van der Waals surface area contributed by atoms with Crippen molar-refractivity contribution in [1.29, 1.82) is 0 Å². The first-order chi connectivity index (χ1) is 12.7. The van der Waals surface area contributed by atoms with Gasteiger partial charge < -0.3 is 10.2 Å². The van der Waals surface area contributed by atoms with E-state index in [-0.39, 0.29) is 11.8 Å². The summed E-state index contributed by atoms with van der Waals surface area (Å²) in [7, 11) is 0. The summed E-state index contributed by atoms with van der Waals surface area (Å²) in [6, 6.07) is 16.5. The Morgan fingerprint density at radius 2 is 2.04 bits per heavy atom. The van der Waals surface area contributed by atoms with Gasteiger partial charge in [-0.3, -0.25) is 4.79 Å². The Hall–Kier alpha value is -2.40. The summed E-state index contributed by atoms with van der Waals surface area (Å²) in [5, 5.41) is 4.13. The first kappa shape index (κ1) is 17.0. The Balaban J connectivity index is 1.39. The first-order valence-electron chi connectivity index (χ1n) is 9.13. The summed E-state index contributed by atoms with van der Waals surface area (Å²) in [4.78, 5) is 19.6. The fourth-order valence-corrected chi connectivity index (χ4v) is 4.40. The number of amides is 1. The number of piperidine rings is 1. The molecule has 4 rings (SSSR count). The van der Waals surface area contributed by atoms with Crippen molar-refractivity contribution in [3.8, 4) is 0 Å². The van der Waals surface area contributed by atoms with Gasteiger partial charge in [-0.2, -0.15) is 0 Å². The van der Waals surface area contributed by atoms with E-state index in [0.29, 0.717) is 6.54 Å². The molecule has 0 bridgehead atoms. The molecule has 1 aliphatic heterocycles. The van der Waals surface area contributed by atoms with E-state index < -0.39 is 0 Å². The van der Waals surface area contributed by atoms with E-state index in [1.54, 1.807) is 11.3 Å². The van der Waals surface area contributed by atoms with Crippen molar-refractivity contribution in [2.45, 2.75) is 26.3 Å². The van der Waals surface area contributed by atoms with Gasteiger partial charge in [0.15, 0.2) is 5.13 Å². The number of nitrogens with zero attached hydrogens (tertiary/aromatic N) is 2. The van der Waals surface area contributed by atoms with Crippen molar-refractivity contribution >= 4 is 32.6 Å². The van der Waals surface area contributed by atoms with Crippen LogP contribution in [0.25, 0.3) is 10.2 Å². The third-order valence-electron chi connectivity index (χ3n) is 4.93. The molecule has 134 valence electrons. The number of aryl methyl sites for hydroxylation is 1. The minimum Gasteiger partial charge on any atom is -0.352 e. The zero-order valence-corrected chi connectivity index (χ0v) is 15.8. The molecule has 4 nitrogen and oxygen atoms in total. The molecule has 0 unspecified atom stereocenters. The van der Waals surface area contributed by atoms with Crippen LogP contribution in [-0.4, -0.2) is 24.0 Å².